The summed E-state index contributed by atoms with van der Waals surface area (Å²) in [6, 6.07) is 8.93. The first-order valence-corrected chi connectivity index (χ1v) is 15.6. The number of fused-ring (bicyclic) bond motifs is 1. The topological polar surface area (TPSA) is 108 Å². The van der Waals surface area contributed by atoms with Gasteiger partial charge in [-0.05, 0) is 49.2 Å². The Labute approximate surface area is 213 Å². The zero-order valence-electron chi connectivity index (χ0n) is 19.5. The maximum absolute atomic E-state index is 13.3. The minimum Gasteiger partial charge on any atom is -0.345 e. The van der Waals surface area contributed by atoms with Gasteiger partial charge in [-0.15, -0.1) is 0 Å². The summed E-state index contributed by atoms with van der Waals surface area (Å²) in [6.45, 7) is 2.03. The fourth-order valence-electron chi connectivity index (χ4n) is 4.69. The number of amides is 1. The molecule has 13 heteroatoms. The molecule has 1 amide bonds. The number of anilines is 1. The van der Waals surface area contributed by atoms with E-state index in [1.165, 1.54) is 27.8 Å². The van der Waals surface area contributed by atoms with Crippen LogP contribution >= 0.6 is 11.3 Å². The largest absolute Gasteiger partial charge is 0.345 e. The third-order valence-corrected chi connectivity index (χ3v) is 10.7. The van der Waals surface area contributed by atoms with Gasteiger partial charge in [0.15, 0.2) is 15.0 Å². The average molecular weight is 553 g/mol. The van der Waals surface area contributed by atoms with Crippen LogP contribution in [0.4, 0.5) is 9.52 Å². The van der Waals surface area contributed by atoms with Crippen LogP contribution in [0.5, 0.6) is 0 Å². The van der Waals surface area contributed by atoms with E-state index >= 15 is 0 Å². The fraction of sp³-hybridized carbons (Fsp3) is 0.391. The van der Waals surface area contributed by atoms with Crippen LogP contribution in [0.2, 0.25) is 0 Å². The van der Waals surface area contributed by atoms with E-state index in [9.17, 15) is 26.0 Å². The molecule has 2 aliphatic heterocycles. The molecule has 9 nitrogen and oxygen atoms in total. The average Bonchev–Trinajstić information content (AvgIpc) is 3.51. The summed E-state index contributed by atoms with van der Waals surface area (Å²) >= 11 is 1.40. The Morgan fingerprint density at radius 3 is 2.36 bits per heavy atom. The molecule has 0 saturated carbocycles. The highest BCUT2D eigenvalue weighted by Crippen LogP contribution is 2.33. The van der Waals surface area contributed by atoms with Crippen molar-refractivity contribution in [2.24, 2.45) is 0 Å². The molecule has 1 aromatic heterocycles. The van der Waals surface area contributed by atoms with E-state index in [2.05, 4.69) is 4.98 Å². The summed E-state index contributed by atoms with van der Waals surface area (Å²) in [5, 5.41) is 0.689. The monoisotopic (exact) mass is 552 g/mol. The van der Waals surface area contributed by atoms with E-state index in [-0.39, 0.29) is 22.2 Å². The molecule has 192 valence electrons. The van der Waals surface area contributed by atoms with Crippen molar-refractivity contribution >= 4 is 52.5 Å². The lowest BCUT2D eigenvalue weighted by Crippen LogP contribution is -2.54. The molecule has 0 spiro atoms. The van der Waals surface area contributed by atoms with Crippen molar-refractivity contribution in [3.05, 3.63) is 48.3 Å². The molecular weight excluding hydrogens is 527 g/mol. The molecule has 2 aromatic carbocycles. The predicted octanol–water partition coefficient (Wildman–Crippen LogP) is 2.34. The smallest absolute Gasteiger partial charge is 0.243 e. The van der Waals surface area contributed by atoms with Gasteiger partial charge in [-0.1, -0.05) is 17.4 Å². The quantitative estimate of drug-likeness (QED) is 0.478. The van der Waals surface area contributed by atoms with Gasteiger partial charge in [-0.3, -0.25) is 4.79 Å². The highest BCUT2D eigenvalue weighted by atomic mass is 32.2. The zero-order chi connectivity index (χ0) is 25.7. The Balaban J connectivity index is 1.29. The van der Waals surface area contributed by atoms with Gasteiger partial charge in [-0.2, -0.15) is 4.31 Å². The van der Waals surface area contributed by atoms with E-state index in [4.69, 9.17) is 0 Å². The number of aromatic nitrogens is 1. The molecular formula is C23H25FN4O5S3. The molecule has 2 fully saturated rings. The van der Waals surface area contributed by atoms with E-state index < -0.39 is 31.7 Å². The number of sulfonamides is 1. The molecule has 3 heterocycles. The van der Waals surface area contributed by atoms with Crippen LogP contribution in [-0.2, 0) is 24.7 Å². The second-order valence-corrected chi connectivity index (χ2v) is 13.8. The van der Waals surface area contributed by atoms with Gasteiger partial charge in [0.05, 0.1) is 14.5 Å². The van der Waals surface area contributed by atoms with Crippen LogP contribution < -0.4 is 4.90 Å². The van der Waals surface area contributed by atoms with Crippen molar-refractivity contribution in [2.75, 3.05) is 43.9 Å². The minimum atomic E-state index is -3.92. The maximum atomic E-state index is 13.3. The molecule has 2 aliphatic rings. The summed E-state index contributed by atoms with van der Waals surface area (Å²) in [6.07, 6.45) is 2.17. The lowest BCUT2D eigenvalue weighted by Gasteiger charge is -2.37. The van der Waals surface area contributed by atoms with E-state index in [0.717, 1.165) is 23.1 Å². The number of carbonyl (C=O) groups is 1. The first-order valence-electron chi connectivity index (χ1n) is 11.5. The Morgan fingerprint density at radius 1 is 1.00 bits per heavy atom. The van der Waals surface area contributed by atoms with Crippen molar-refractivity contribution in [1.82, 2.24) is 14.2 Å². The van der Waals surface area contributed by atoms with Gasteiger partial charge >= 0.3 is 0 Å². The Kier molecular flexibility index (Phi) is 6.52. The number of carbonyl (C=O) groups excluding carboxylic acids is 1. The molecule has 1 unspecified atom stereocenters. The standard InChI is InChI=1S/C23H25FN4O5S3/c1-35(30,31)20-6-2-5-19-21(20)25-23(34-19)27-14-12-26(13-15-27)22(29)18-4-3-11-28(18)36(32,33)17-9-7-16(24)8-10-17/h2,5-10,18H,3-4,11-15H2,1H3. The first kappa shape index (κ1) is 25.1. The minimum absolute atomic E-state index is 0.0299. The van der Waals surface area contributed by atoms with Gasteiger partial charge in [0.2, 0.25) is 15.9 Å². The third kappa shape index (κ3) is 4.60. The van der Waals surface area contributed by atoms with Crippen LogP contribution in [0, 0.1) is 5.82 Å². The van der Waals surface area contributed by atoms with E-state index in [1.54, 1.807) is 17.0 Å². The number of rotatable bonds is 5. The number of thiazole rings is 1. The number of para-hydroxylation sites is 1. The zero-order valence-corrected chi connectivity index (χ0v) is 22.0. The van der Waals surface area contributed by atoms with Crippen molar-refractivity contribution < 1.29 is 26.0 Å². The number of sulfone groups is 1. The fourth-order valence-corrected chi connectivity index (χ4v) is 8.28. The van der Waals surface area contributed by atoms with E-state index in [1.807, 2.05) is 11.0 Å². The van der Waals surface area contributed by atoms with Gasteiger partial charge in [0.1, 0.15) is 17.4 Å². The van der Waals surface area contributed by atoms with Crippen molar-refractivity contribution in [1.29, 1.82) is 0 Å². The second kappa shape index (κ2) is 9.36. The molecule has 5 rings (SSSR count). The molecule has 3 aromatic rings. The van der Waals surface area contributed by atoms with Gasteiger partial charge in [-0.25, -0.2) is 26.2 Å². The summed E-state index contributed by atoms with van der Waals surface area (Å²) in [7, 11) is -7.34. The van der Waals surface area contributed by atoms with Crippen molar-refractivity contribution in [3.8, 4) is 0 Å². The molecule has 2 saturated heterocycles. The van der Waals surface area contributed by atoms with Crippen molar-refractivity contribution in [3.63, 3.8) is 0 Å². The number of nitrogens with zero attached hydrogens (tertiary/aromatic N) is 4. The summed E-state index contributed by atoms with van der Waals surface area (Å²) in [5.74, 6) is -0.761. The third-order valence-electron chi connectivity index (χ3n) is 6.54. The van der Waals surface area contributed by atoms with Gasteiger partial charge < -0.3 is 9.80 Å². The SMILES string of the molecule is CS(=O)(=O)c1cccc2sc(N3CCN(C(=O)C4CCCN4S(=O)(=O)c4ccc(F)cc4)CC3)nc12. The lowest BCUT2D eigenvalue weighted by molar-refractivity contribution is -0.134. The van der Waals surface area contributed by atoms with Crippen molar-refractivity contribution in [2.45, 2.75) is 28.7 Å². The number of hydrogen-bond acceptors (Lipinski definition) is 8. The number of hydrogen-bond donors (Lipinski definition) is 0. The molecule has 0 radical (unpaired) electrons. The molecule has 0 bridgehead atoms. The van der Waals surface area contributed by atoms with Crippen LogP contribution in [0.1, 0.15) is 12.8 Å². The Morgan fingerprint density at radius 2 is 1.69 bits per heavy atom. The van der Waals surface area contributed by atoms with Crippen LogP contribution in [0.25, 0.3) is 10.2 Å². The highest BCUT2D eigenvalue weighted by molar-refractivity contribution is 7.91. The lowest BCUT2D eigenvalue weighted by atomic mass is 10.2. The van der Waals surface area contributed by atoms with Gasteiger partial charge in [0.25, 0.3) is 0 Å². The predicted molar refractivity (Wildman–Crippen MR) is 135 cm³/mol. The van der Waals surface area contributed by atoms with Crippen LogP contribution in [0.15, 0.2) is 52.3 Å². The molecule has 36 heavy (non-hydrogen) atoms. The Bertz CT molecular complexity index is 1510. The van der Waals surface area contributed by atoms with Crippen LogP contribution in [0.3, 0.4) is 0 Å². The number of benzene rings is 2. The van der Waals surface area contributed by atoms with Crippen LogP contribution in [-0.4, -0.2) is 82.0 Å². The number of piperazine rings is 1. The highest BCUT2D eigenvalue weighted by Gasteiger charge is 2.41. The normalized spacial score (nSPS) is 19.8. The number of halogens is 1. The van der Waals surface area contributed by atoms with Gasteiger partial charge in [0, 0.05) is 39.0 Å². The Hall–Kier alpha value is -2.61. The summed E-state index contributed by atoms with van der Waals surface area (Å²) < 4.78 is 65.8. The molecule has 1 atom stereocenters. The first-order chi connectivity index (χ1) is 17.1. The molecule has 0 aliphatic carbocycles. The second-order valence-electron chi connectivity index (χ2n) is 8.91. The van der Waals surface area contributed by atoms with E-state index in [0.29, 0.717) is 49.7 Å². The summed E-state index contributed by atoms with van der Waals surface area (Å²) in [4.78, 5) is 21.8. The maximum Gasteiger partial charge on any atom is 0.243 e. The summed E-state index contributed by atoms with van der Waals surface area (Å²) in [5.41, 5.74) is 0.450. The molecule has 0 N–H and O–H groups in total.